The van der Waals surface area contributed by atoms with Crippen LogP contribution in [0.1, 0.15) is 10.5 Å². The van der Waals surface area contributed by atoms with E-state index in [1.807, 2.05) is 0 Å². The average molecular weight is 238 g/mol. The molecule has 7 heteroatoms. The van der Waals surface area contributed by atoms with Crippen LogP contribution in [-0.2, 0) is 10.5 Å². The molecule has 0 saturated carbocycles. The van der Waals surface area contributed by atoms with Gasteiger partial charge in [0.2, 0.25) is 0 Å². The molecule has 0 radical (unpaired) electrons. The molecule has 16 heavy (non-hydrogen) atoms. The fraction of sp³-hybridized carbons (Fsp3) is 0. The molecule has 0 aliphatic heterocycles. The first-order valence-corrected chi connectivity index (χ1v) is 5.28. The summed E-state index contributed by atoms with van der Waals surface area (Å²) in [7, 11) is -2.69. The molecule has 2 rings (SSSR count). The maximum Gasteiger partial charge on any atom is 0.354 e. The van der Waals surface area contributed by atoms with Gasteiger partial charge in [-0.15, -0.1) is 4.36 Å². The predicted molar refractivity (Wildman–Crippen MR) is 56.3 cm³/mol. The zero-order valence-corrected chi connectivity index (χ0v) is 8.65. The molecule has 0 aliphatic carbocycles. The van der Waals surface area contributed by atoms with Crippen LogP contribution in [0, 0.1) is 0 Å². The number of fused-ring (bicyclic) bond motifs is 1. The number of carboxylic acids is 1. The summed E-state index contributed by atoms with van der Waals surface area (Å²) in [6.07, 6.45) is 0. The van der Waals surface area contributed by atoms with Gasteiger partial charge < -0.3 is 10.1 Å². The quantitative estimate of drug-likeness (QED) is 0.829. The minimum atomic E-state index is -2.69. The second kappa shape index (κ2) is 3.78. The van der Waals surface area contributed by atoms with E-state index in [0.717, 1.165) is 0 Å². The van der Waals surface area contributed by atoms with Gasteiger partial charge in [-0.2, -0.15) is 8.42 Å². The molecule has 0 bridgehead atoms. The van der Waals surface area contributed by atoms with Crippen molar-refractivity contribution in [3.05, 3.63) is 30.0 Å². The molecule has 0 fully saturated rings. The van der Waals surface area contributed by atoms with Gasteiger partial charge in [-0.25, -0.2) is 4.79 Å². The van der Waals surface area contributed by atoms with E-state index in [2.05, 4.69) is 9.35 Å². The minimum absolute atomic E-state index is 0.0727. The van der Waals surface area contributed by atoms with Crippen molar-refractivity contribution >= 4 is 33.1 Å². The number of aromatic carboxylic acids is 1. The molecule has 0 saturated heterocycles. The Morgan fingerprint density at radius 3 is 2.62 bits per heavy atom. The molecule has 2 aromatic rings. The number of H-pyrrole nitrogens is 1. The van der Waals surface area contributed by atoms with Gasteiger partial charge in [-0.05, 0) is 6.07 Å². The van der Waals surface area contributed by atoms with Crippen molar-refractivity contribution in [1.82, 2.24) is 4.98 Å². The predicted octanol–water partition coefficient (Wildman–Crippen LogP) is 1.56. The number of aromatic amines is 1. The van der Waals surface area contributed by atoms with Crippen molar-refractivity contribution in [2.75, 3.05) is 0 Å². The Bertz CT molecular complexity index is 691. The molecule has 6 nitrogen and oxygen atoms in total. The lowest BCUT2D eigenvalue weighted by atomic mass is 10.2. The molecule has 0 spiro atoms. The number of rotatable bonds is 2. The van der Waals surface area contributed by atoms with Crippen molar-refractivity contribution in [3.63, 3.8) is 0 Å². The summed E-state index contributed by atoms with van der Waals surface area (Å²) < 4.78 is 24.3. The van der Waals surface area contributed by atoms with Crippen LogP contribution in [0.2, 0.25) is 0 Å². The van der Waals surface area contributed by atoms with E-state index in [1.54, 1.807) is 24.3 Å². The molecule has 1 aromatic carbocycles. The van der Waals surface area contributed by atoms with Crippen LogP contribution in [0.4, 0.5) is 5.69 Å². The molecule has 0 amide bonds. The third kappa shape index (κ3) is 1.68. The number of carbonyl (C=O) groups is 1. The van der Waals surface area contributed by atoms with E-state index in [4.69, 9.17) is 5.11 Å². The maximum atomic E-state index is 10.9. The van der Waals surface area contributed by atoms with E-state index < -0.39 is 16.5 Å². The lowest BCUT2D eigenvalue weighted by Crippen LogP contribution is -1.96. The lowest BCUT2D eigenvalue weighted by Gasteiger charge is -1.89. The van der Waals surface area contributed by atoms with Crippen LogP contribution in [-0.4, -0.2) is 24.5 Å². The van der Waals surface area contributed by atoms with Gasteiger partial charge in [0.25, 0.3) is 0 Å². The van der Waals surface area contributed by atoms with Crippen LogP contribution in [0.5, 0.6) is 0 Å². The smallest absolute Gasteiger partial charge is 0.354 e. The minimum Gasteiger partial charge on any atom is -0.477 e. The number of nitrogens with zero attached hydrogens (tertiary/aromatic N) is 1. The van der Waals surface area contributed by atoms with E-state index in [0.29, 0.717) is 10.9 Å². The maximum absolute atomic E-state index is 10.9. The zero-order chi connectivity index (χ0) is 11.7. The van der Waals surface area contributed by atoms with Gasteiger partial charge in [0.15, 0.2) is 5.69 Å². The number of benzene rings is 1. The highest BCUT2D eigenvalue weighted by atomic mass is 32.2. The third-order valence-electron chi connectivity index (χ3n) is 2.06. The summed E-state index contributed by atoms with van der Waals surface area (Å²) in [5, 5.41) is 9.35. The van der Waals surface area contributed by atoms with Crippen LogP contribution < -0.4 is 0 Å². The number of para-hydroxylation sites is 1. The van der Waals surface area contributed by atoms with Crippen molar-refractivity contribution in [2.24, 2.45) is 4.36 Å². The first kappa shape index (κ1) is 10.4. The Labute approximate surface area is 91.2 Å². The number of carboxylic acid groups (broad SMARTS) is 1. The largest absolute Gasteiger partial charge is 0.477 e. The topological polar surface area (TPSA) is 99.6 Å². The van der Waals surface area contributed by atoms with Gasteiger partial charge in [-0.3, -0.25) is 0 Å². The van der Waals surface area contributed by atoms with Gasteiger partial charge in [0.1, 0.15) is 5.69 Å². The average Bonchev–Trinajstić information content (AvgIpc) is 2.57. The normalized spacial score (nSPS) is 10.2. The second-order valence-corrected chi connectivity index (χ2v) is 3.62. The number of hydrogen-bond donors (Lipinski definition) is 2. The highest BCUT2D eigenvalue weighted by molar-refractivity contribution is 7.61. The van der Waals surface area contributed by atoms with Crippen LogP contribution >= 0.6 is 0 Å². The molecule has 0 aliphatic rings. The van der Waals surface area contributed by atoms with Gasteiger partial charge >= 0.3 is 16.5 Å². The lowest BCUT2D eigenvalue weighted by molar-refractivity contribution is 0.0692. The fourth-order valence-corrected chi connectivity index (χ4v) is 1.79. The summed E-state index contributed by atoms with van der Waals surface area (Å²) in [5.74, 6) is -1.25. The van der Waals surface area contributed by atoms with Gasteiger partial charge in [0.05, 0.1) is 0 Å². The molecular formula is C9H6N2O4S. The Balaban J connectivity index is 2.90. The van der Waals surface area contributed by atoms with Gasteiger partial charge in [0, 0.05) is 10.9 Å². The molecular weight excluding hydrogens is 232 g/mol. The second-order valence-electron chi connectivity index (χ2n) is 3.01. The number of nitrogens with one attached hydrogen (secondary N) is 1. The van der Waals surface area contributed by atoms with Crippen LogP contribution in [0.25, 0.3) is 10.9 Å². The monoisotopic (exact) mass is 238 g/mol. The van der Waals surface area contributed by atoms with Crippen LogP contribution in [0.3, 0.4) is 0 Å². The first-order chi connectivity index (χ1) is 7.59. The van der Waals surface area contributed by atoms with E-state index in [-0.39, 0.29) is 11.4 Å². The summed E-state index contributed by atoms with van der Waals surface area (Å²) in [6.45, 7) is 0. The first-order valence-electron chi connectivity index (χ1n) is 4.24. The summed E-state index contributed by atoms with van der Waals surface area (Å²) in [4.78, 5) is 13.5. The molecule has 82 valence electrons. The fourth-order valence-electron chi connectivity index (χ4n) is 1.45. The zero-order valence-electron chi connectivity index (χ0n) is 7.84. The van der Waals surface area contributed by atoms with Crippen molar-refractivity contribution < 1.29 is 18.3 Å². The SMILES string of the molecule is O=C(O)c1[nH]c2ccccc2c1N=S(=O)=O. The molecule has 1 aromatic heterocycles. The van der Waals surface area contributed by atoms with E-state index in [1.165, 1.54) is 0 Å². The van der Waals surface area contributed by atoms with E-state index in [9.17, 15) is 13.2 Å². The highest BCUT2D eigenvalue weighted by Gasteiger charge is 2.16. The van der Waals surface area contributed by atoms with Crippen molar-refractivity contribution in [2.45, 2.75) is 0 Å². The third-order valence-corrected chi connectivity index (χ3v) is 2.39. The summed E-state index contributed by atoms with van der Waals surface area (Å²) in [5.41, 5.74) is 0.228. The number of aromatic nitrogens is 1. The molecule has 2 N–H and O–H groups in total. The summed E-state index contributed by atoms with van der Waals surface area (Å²) in [6, 6.07) is 6.63. The Kier molecular flexibility index (Phi) is 2.45. The van der Waals surface area contributed by atoms with Crippen LogP contribution in [0.15, 0.2) is 28.6 Å². The Hall–Kier alpha value is -2.15. The van der Waals surface area contributed by atoms with Crippen molar-refractivity contribution in [3.8, 4) is 0 Å². The Morgan fingerprint density at radius 2 is 2.00 bits per heavy atom. The summed E-state index contributed by atoms with van der Waals surface area (Å²) >= 11 is 0. The molecule has 0 atom stereocenters. The number of hydrogen-bond acceptors (Lipinski definition) is 4. The van der Waals surface area contributed by atoms with Gasteiger partial charge in [-0.1, -0.05) is 18.2 Å². The highest BCUT2D eigenvalue weighted by Crippen LogP contribution is 2.30. The molecule has 0 unspecified atom stereocenters. The standard InChI is InChI=1S/C9H6N2O4S/c12-9(13)8-7(11-16(14)15)5-3-1-2-4-6(5)10-8/h1-4,10H,(H,12,13). The molecule has 1 heterocycles. The van der Waals surface area contributed by atoms with Crippen molar-refractivity contribution in [1.29, 1.82) is 0 Å². The van der Waals surface area contributed by atoms with E-state index >= 15 is 0 Å². The Morgan fingerprint density at radius 1 is 1.31 bits per heavy atom.